The molecule has 0 spiro atoms. The summed E-state index contributed by atoms with van der Waals surface area (Å²) in [6.07, 6.45) is 5.03. The minimum absolute atomic E-state index is 0.0609. The minimum atomic E-state index is -0.314. The van der Waals surface area contributed by atoms with Gasteiger partial charge in [-0.2, -0.15) is 0 Å². The lowest BCUT2D eigenvalue weighted by Gasteiger charge is -2.10. The van der Waals surface area contributed by atoms with E-state index in [1.165, 1.54) is 0 Å². The molecule has 0 bridgehead atoms. The molecule has 2 amide bonds. The summed E-state index contributed by atoms with van der Waals surface area (Å²) in [4.78, 5) is 22.6. The summed E-state index contributed by atoms with van der Waals surface area (Å²) in [7, 11) is 0. The van der Waals surface area contributed by atoms with Gasteiger partial charge < -0.3 is 10.7 Å². The number of hydrogen-bond donors (Lipinski definition) is 3. The molecule has 1 aliphatic carbocycles. The first-order chi connectivity index (χ1) is 7.58. The van der Waals surface area contributed by atoms with Gasteiger partial charge in [-0.3, -0.25) is 15.0 Å². The zero-order valence-corrected chi connectivity index (χ0v) is 9.80. The van der Waals surface area contributed by atoms with Crippen LogP contribution in [0.4, 0.5) is 0 Å². The van der Waals surface area contributed by atoms with Crippen LogP contribution in [0.3, 0.4) is 0 Å². The predicted molar refractivity (Wildman–Crippen MR) is 61.1 cm³/mol. The lowest BCUT2D eigenvalue weighted by atomic mass is 10.3. The van der Waals surface area contributed by atoms with E-state index in [0.29, 0.717) is 0 Å². The maximum Gasteiger partial charge on any atom is 0.247 e. The van der Waals surface area contributed by atoms with Crippen molar-refractivity contribution in [2.75, 3.05) is 0 Å². The number of carbonyl (C=O) groups is 2. The molecule has 0 saturated carbocycles. The third-order valence-corrected chi connectivity index (χ3v) is 2.17. The highest BCUT2D eigenvalue weighted by Crippen LogP contribution is 2.13. The Morgan fingerprint density at radius 3 is 2.69 bits per heavy atom. The molecular weight excluding hydrogens is 206 g/mol. The van der Waals surface area contributed by atoms with Gasteiger partial charge in [0, 0.05) is 11.7 Å². The van der Waals surface area contributed by atoms with Crippen molar-refractivity contribution in [1.82, 2.24) is 16.2 Å². The average Bonchev–Trinajstić information content (AvgIpc) is 2.65. The SMILES string of the molecule is CC(C)NC(=O)CC(=O)NNC1=CCCC1. The smallest absolute Gasteiger partial charge is 0.247 e. The fourth-order valence-electron chi connectivity index (χ4n) is 1.50. The predicted octanol–water partition coefficient (Wildman–Crippen LogP) is 0.590. The van der Waals surface area contributed by atoms with Crippen LogP contribution >= 0.6 is 0 Å². The zero-order chi connectivity index (χ0) is 12.0. The first kappa shape index (κ1) is 12.5. The summed E-state index contributed by atoms with van der Waals surface area (Å²) in [5, 5.41) is 2.66. The molecule has 5 heteroatoms. The van der Waals surface area contributed by atoms with E-state index >= 15 is 0 Å². The van der Waals surface area contributed by atoms with Crippen molar-refractivity contribution >= 4 is 11.8 Å². The van der Waals surface area contributed by atoms with E-state index in [1.54, 1.807) is 0 Å². The molecule has 0 aromatic carbocycles. The van der Waals surface area contributed by atoms with Crippen LogP contribution in [0.5, 0.6) is 0 Å². The van der Waals surface area contributed by atoms with Crippen molar-refractivity contribution in [3.8, 4) is 0 Å². The van der Waals surface area contributed by atoms with Crippen LogP contribution in [0, 0.1) is 0 Å². The maximum atomic E-state index is 11.3. The molecule has 1 aliphatic rings. The van der Waals surface area contributed by atoms with Crippen LogP contribution in [0.15, 0.2) is 11.8 Å². The molecule has 0 unspecified atom stereocenters. The minimum Gasteiger partial charge on any atom is -0.353 e. The lowest BCUT2D eigenvalue weighted by Crippen LogP contribution is -2.40. The van der Waals surface area contributed by atoms with E-state index in [1.807, 2.05) is 13.8 Å². The van der Waals surface area contributed by atoms with Crippen molar-refractivity contribution in [1.29, 1.82) is 0 Å². The molecule has 0 fully saturated rings. The molecule has 0 aromatic heterocycles. The molecule has 1 rings (SSSR count). The molecule has 0 aromatic rings. The van der Waals surface area contributed by atoms with E-state index < -0.39 is 0 Å². The first-order valence-electron chi connectivity index (χ1n) is 5.61. The number of nitrogens with one attached hydrogen (secondary N) is 3. The largest absolute Gasteiger partial charge is 0.353 e. The first-order valence-corrected chi connectivity index (χ1v) is 5.61. The van der Waals surface area contributed by atoms with Crippen LogP contribution in [-0.4, -0.2) is 17.9 Å². The Balaban J connectivity index is 2.17. The topological polar surface area (TPSA) is 70.2 Å². The van der Waals surface area contributed by atoms with Crippen LogP contribution in [0.25, 0.3) is 0 Å². The number of rotatable bonds is 5. The van der Waals surface area contributed by atoms with Gasteiger partial charge in [0.1, 0.15) is 6.42 Å². The Morgan fingerprint density at radius 2 is 2.12 bits per heavy atom. The summed E-state index contributed by atoms with van der Waals surface area (Å²) < 4.78 is 0. The molecule has 90 valence electrons. The molecular formula is C11H19N3O2. The summed E-state index contributed by atoms with van der Waals surface area (Å²) in [5.74, 6) is -0.569. The van der Waals surface area contributed by atoms with Crippen molar-refractivity contribution in [2.45, 2.75) is 45.6 Å². The Hall–Kier alpha value is -1.52. The van der Waals surface area contributed by atoms with Crippen molar-refractivity contribution < 1.29 is 9.59 Å². The molecule has 0 atom stereocenters. The van der Waals surface area contributed by atoms with Gasteiger partial charge in [0.15, 0.2) is 0 Å². The number of carbonyl (C=O) groups excluding carboxylic acids is 2. The standard InChI is InChI=1S/C11H19N3O2/c1-8(2)12-10(15)7-11(16)14-13-9-5-3-4-6-9/h5,8,13H,3-4,6-7H2,1-2H3,(H,12,15)(H,14,16). The molecule has 0 heterocycles. The van der Waals surface area contributed by atoms with Crippen LogP contribution < -0.4 is 16.2 Å². The second-order valence-electron chi connectivity index (χ2n) is 4.19. The van der Waals surface area contributed by atoms with Crippen LogP contribution in [-0.2, 0) is 9.59 Å². The van der Waals surface area contributed by atoms with Gasteiger partial charge in [0.25, 0.3) is 0 Å². The highest BCUT2D eigenvalue weighted by atomic mass is 16.2. The highest BCUT2D eigenvalue weighted by Gasteiger charge is 2.10. The zero-order valence-electron chi connectivity index (χ0n) is 9.80. The van der Waals surface area contributed by atoms with Crippen LogP contribution in [0.1, 0.15) is 39.5 Å². The van der Waals surface area contributed by atoms with E-state index in [0.717, 1.165) is 25.0 Å². The Labute approximate surface area is 95.6 Å². The van der Waals surface area contributed by atoms with Gasteiger partial charge in [0.2, 0.25) is 11.8 Å². The molecule has 3 N–H and O–H groups in total. The van der Waals surface area contributed by atoms with Gasteiger partial charge in [-0.15, -0.1) is 0 Å². The van der Waals surface area contributed by atoms with E-state index in [4.69, 9.17) is 0 Å². The average molecular weight is 225 g/mol. The van der Waals surface area contributed by atoms with E-state index in [2.05, 4.69) is 22.2 Å². The van der Waals surface area contributed by atoms with Crippen molar-refractivity contribution in [2.24, 2.45) is 0 Å². The lowest BCUT2D eigenvalue weighted by molar-refractivity contribution is -0.129. The molecule has 5 nitrogen and oxygen atoms in total. The molecule has 16 heavy (non-hydrogen) atoms. The second-order valence-corrected chi connectivity index (χ2v) is 4.19. The fraction of sp³-hybridized carbons (Fsp3) is 0.636. The quantitative estimate of drug-likeness (QED) is 0.474. The monoisotopic (exact) mass is 225 g/mol. The van der Waals surface area contributed by atoms with Crippen molar-refractivity contribution in [3.63, 3.8) is 0 Å². The number of hydrazine groups is 1. The Bertz CT molecular complexity index is 298. The van der Waals surface area contributed by atoms with Gasteiger partial charge >= 0.3 is 0 Å². The number of hydrogen-bond acceptors (Lipinski definition) is 3. The summed E-state index contributed by atoms with van der Waals surface area (Å²) >= 11 is 0. The maximum absolute atomic E-state index is 11.3. The Morgan fingerprint density at radius 1 is 1.38 bits per heavy atom. The third kappa shape index (κ3) is 4.82. The van der Waals surface area contributed by atoms with Gasteiger partial charge in [-0.25, -0.2) is 0 Å². The third-order valence-electron chi connectivity index (χ3n) is 2.17. The summed E-state index contributed by atoms with van der Waals surface area (Å²) in [6.45, 7) is 3.72. The second kappa shape index (κ2) is 6.15. The number of amides is 2. The highest BCUT2D eigenvalue weighted by molar-refractivity contribution is 5.96. The van der Waals surface area contributed by atoms with E-state index in [-0.39, 0.29) is 24.3 Å². The van der Waals surface area contributed by atoms with Gasteiger partial charge in [-0.05, 0) is 33.1 Å². The van der Waals surface area contributed by atoms with Crippen molar-refractivity contribution in [3.05, 3.63) is 11.8 Å². The number of allylic oxidation sites excluding steroid dienone is 2. The normalized spacial score (nSPS) is 14.6. The molecule has 0 saturated heterocycles. The van der Waals surface area contributed by atoms with Gasteiger partial charge in [-0.1, -0.05) is 6.08 Å². The fourth-order valence-corrected chi connectivity index (χ4v) is 1.50. The Kier molecular flexibility index (Phi) is 4.82. The molecule has 0 aliphatic heterocycles. The van der Waals surface area contributed by atoms with E-state index in [9.17, 15) is 9.59 Å². The summed E-state index contributed by atoms with van der Waals surface area (Å²) in [5.41, 5.74) is 6.36. The van der Waals surface area contributed by atoms with Crippen LogP contribution in [0.2, 0.25) is 0 Å². The summed E-state index contributed by atoms with van der Waals surface area (Å²) in [6, 6.07) is 0.0609. The van der Waals surface area contributed by atoms with Gasteiger partial charge in [0.05, 0.1) is 0 Å². The molecule has 0 radical (unpaired) electrons.